The lowest BCUT2D eigenvalue weighted by Crippen LogP contribution is -2.34. The predicted octanol–water partition coefficient (Wildman–Crippen LogP) is 0.316. The van der Waals surface area contributed by atoms with Crippen LogP contribution in [-0.4, -0.2) is 37.0 Å². The molecular weight excluding hydrogens is 170 g/mol. The number of amidine groups is 1. The SMILES string of the molecule is CC(CN)CNC1=NCCSC1. The average Bonchev–Trinajstić information content (AvgIpc) is 2.16. The van der Waals surface area contributed by atoms with Crippen LogP contribution in [0.1, 0.15) is 6.92 Å². The van der Waals surface area contributed by atoms with Crippen LogP contribution in [0.5, 0.6) is 0 Å². The van der Waals surface area contributed by atoms with Gasteiger partial charge in [-0.15, -0.1) is 0 Å². The average molecular weight is 187 g/mol. The van der Waals surface area contributed by atoms with Gasteiger partial charge in [-0.25, -0.2) is 0 Å². The van der Waals surface area contributed by atoms with Gasteiger partial charge < -0.3 is 11.1 Å². The van der Waals surface area contributed by atoms with Crippen molar-refractivity contribution in [3.05, 3.63) is 0 Å². The summed E-state index contributed by atoms with van der Waals surface area (Å²) < 4.78 is 0. The normalized spacial score (nSPS) is 20.0. The van der Waals surface area contributed by atoms with Gasteiger partial charge in [0.05, 0.1) is 12.3 Å². The Morgan fingerprint density at radius 3 is 3.17 bits per heavy atom. The molecule has 0 aromatic heterocycles. The molecule has 0 aromatic rings. The quantitative estimate of drug-likeness (QED) is 0.669. The summed E-state index contributed by atoms with van der Waals surface area (Å²) in [7, 11) is 0. The molecule has 1 aliphatic heterocycles. The summed E-state index contributed by atoms with van der Waals surface area (Å²) in [5.74, 6) is 3.89. The Hall–Kier alpha value is -0.220. The molecule has 12 heavy (non-hydrogen) atoms. The van der Waals surface area contributed by atoms with Crippen LogP contribution in [0.4, 0.5) is 0 Å². The molecule has 1 unspecified atom stereocenters. The van der Waals surface area contributed by atoms with Gasteiger partial charge in [0.2, 0.25) is 0 Å². The smallest absolute Gasteiger partial charge is 0.106 e. The second-order valence-electron chi connectivity index (χ2n) is 3.10. The Morgan fingerprint density at radius 2 is 2.58 bits per heavy atom. The summed E-state index contributed by atoms with van der Waals surface area (Å²) in [6.45, 7) is 4.80. The molecule has 3 N–H and O–H groups in total. The lowest BCUT2D eigenvalue weighted by atomic mass is 10.2. The van der Waals surface area contributed by atoms with Gasteiger partial charge in [0.25, 0.3) is 0 Å². The maximum atomic E-state index is 5.50. The van der Waals surface area contributed by atoms with E-state index in [1.807, 2.05) is 11.8 Å². The third kappa shape index (κ3) is 3.45. The van der Waals surface area contributed by atoms with E-state index in [2.05, 4.69) is 17.2 Å². The lowest BCUT2D eigenvalue weighted by Gasteiger charge is -2.15. The molecule has 0 saturated heterocycles. The Kier molecular flexibility index (Phi) is 4.46. The Morgan fingerprint density at radius 1 is 1.75 bits per heavy atom. The van der Waals surface area contributed by atoms with Crippen LogP contribution in [0.15, 0.2) is 4.99 Å². The summed E-state index contributed by atoms with van der Waals surface area (Å²) in [4.78, 5) is 4.38. The second-order valence-corrected chi connectivity index (χ2v) is 4.21. The Balaban J connectivity index is 2.17. The molecule has 0 aliphatic carbocycles. The zero-order chi connectivity index (χ0) is 8.81. The molecule has 1 heterocycles. The van der Waals surface area contributed by atoms with Crippen LogP contribution in [0.3, 0.4) is 0 Å². The number of hydrogen-bond donors (Lipinski definition) is 2. The maximum Gasteiger partial charge on any atom is 0.106 e. The summed E-state index contributed by atoms with van der Waals surface area (Å²) in [5, 5.41) is 3.32. The van der Waals surface area contributed by atoms with Crippen LogP contribution < -0.4 is 11.1 Å². The number of nitrogens with two attached hydrogens (primary N) is 1. The van der Waals surface area contributed by atoms with Gasteiger partial charge in [0, 0.05) is 12.3 Å². The minimum atomic E-state index is 0.541. The van der Waals surface area contributed by atoms with E-state index < -0.39 is 0 Å². The van der Waals surface area contributed by atoms with Gasteiger partial charge in [-0.1, -0.05) is 6.92 Å². The van der Waals surface area contributed by atoms with Crippen molar-refractivity contribution in [3.63, 3.8) is 0 Å². The first kappa shape index (κ1) is 9.86. The second kappa shape index (κ2) is 5.43. The lowest BCUT2D eigenvalue weighted by molar-refractivity contribution is 0.577. The number of hydrogen-bond acceptors (Lipinski definition) is 4. The van der Waals surface area contributed by atoms with Crippen molar-refractivity contribution in [2.75, 3.05) is 31.1 Å². The van der Waals surface area contributed by atoms with Gasteiger partial charge in [-0.2, -0.15) is 11.8 Å². The van der Waals surface area contributed by atoms with E-state index in [0.717, 1.165) is 37.0 Å². The Labute approximate surface area is 78.2 Å². The zero-order valence-electron chi connectivity index (χ0n) is 7.55. The number of rotatable bonds is 3. The van der Waals surface area contributed by atoms with E-state index in [-0.39, 0.29) is 0 Å². The molecule has 0 spiro atoms. The van der Waals surface area contributed by atoms with E-state index in [1.165, 1.54) is 0 Å². The topological polar surface area (TPSA) is 50.4 Å². The highest BCUT2D eigenvalue weighted by Crippen LogP contribution is 2.05. The minimum Gasteiger partial charge on any atom is -0.373 e. The third-order valence-corrected chi connectivity index (χ3v) is 2.78. The monoisotopic (exact) mass is 187 g/mol. The van der Waals surface area contributed by atoms with Crippen molar-refractivity contribution in [2.45, 2.75) is 6.92 Å². The van der Waals surface area contributed by atoms with Crippen LogP contribution in [0.25, 0.3) is 0 Å². The summed E-state index contributed by atoms with van der Waals surface area (Å²) in [6, 6.07) is 0. The largest absolute Gasteiger partial charge is 0.373 e. The first-order chi connectivity index (χ1) is 5.83. The van der Waals surface area contributed by atoms with Crippen molar-refractivity contribution < 1.29 is 0 Å². The van der Waals surface area contributed by atoms with Crippen molar-refractivity contribution in [3.8, 4) is 0 Å². The molecule has 0 radical (unpaired) electrons. The number of aliphatic imine (C=N–C) groups is 1. The number of nitrogens with zero attached hydrogens (tertiary/aromatic N) is 1. The van der Waals surface area contributed by atoms with E-state index >= 15 is 0 Å². The van der Waals surface area contributed by atoms with Crippen molar-refractivity contribution in [2.24, 2.45) is 16.6 Å². The van der Waals surface area contributed by atoms with Gasteiger partial charge in [0.1, 0.15) is 5.84 Å². The molecule has 0 aromatic carbocycles. The van der Waals surface area contributed by atoms with E-state index in [1.54, 1.807) is 0 Å². The third-order valence-electron chi connectivity index (χ3n) is 1.83. The standard InChI is InChI=1S/C8H17N3S/c1-7(4-9)5-11-8-6-12-3-2-10-8/h7H,2-6,9H2,1H3,(H,10,11). The molecule has 1 atom stereocenters. The molecule has 1 aliphatic rings. The van der Waals surface area contributed by atoms with Crippen LogP contribution >= 0.6 is 11.8 Å². The minimum absolute atomic E-state index is 0.541. The molecule has 0 fully saturated rings. The molecule has 0 saturated carbocycles. The zero-order valence-corrected chi connectivity index (χ0v) is 8.36. The molecule has 0 bridgehead atoms. The summed E-state index contributed by atoms with van der Waals surface area (Å²) in [5.41, 5.74) is 5.50. The molecule has 1 rings (SSSR count). The van der Waals surface area contributed by atoms with Crippen molar-refractivity contribution >= 4 is 17.6 Å². The fourth-order valence-corrected chi connectivity index (χ4v) is 1.69. The molecule has 3 nitrogen and oxygen atoms in total. The molecular formula is C8H17N3S. The summed E-state index contributed by atoms with van der Waals surface area (Å²) in [6.07, 6.45) is 0. The first-order valence-corrected chi connectivity index (χ1v) is 5.53. The van der Waals surface area contributed by atoms with E-state index in [0.29, 0.717) is 5.92 Å². The van der Waals surface area contributed by atoms with Gasteiger partial charge in [-0.05, 0) is 12.5 Å². The highest BCUT2D eigenvalue weighted by atomic mass is 32.2. The van der Waals surface area contributed by atoms with Crippen LogP contribution in [0, 0.1) is 5.92 Å². The molecule has 4 heteroatoms. The van der Waals surface area contributed by atoms with Gasteiger partial charge in [-0.3, -0.25) is 4.99 Å². The van der Waals surface area contributed by atoms with E-state index in [4.69, 9.17) is 5.73 Å². The molecule has 70 valence electrons. The first-order valence-electron chi connectivity index (χ1n) is 4.38. The highest BCUT2D eigenvalue weighted by molar-refractivity contribution is 8.00. The van der Waals surface area contributed by atoms with Crippen LogP contribution in [0.2, 0.25) is 0 Å². The molecule has 0 amide bonds. The van der Waals surface area contributed by atoms with E-state index in [9.17, 15) is 0 Å². The highest BCUT2D eigenvalue weighted by Gasteiger charge is 2.05. The summed E-state index contributed by atoms with van der Waals surface area (Å²) >= 11 is 1.94. The van der Waals surface area contributed by atoms with Crippen molar-refractivity contribution in [1.82, 2.24) is 5.32 Å². The number of nitrogens with one attached hydrogen (secondary N) is 1. The fourth-order valence-electron chi connectivity index (χ4n) is 0.942. The van der Waals surface area contributed by atoms with Crippen LogP contribution in [-0.2, 0) is 0 Å². The fraction of sp³-hybridized carbons (Fsp3) is 0.875. The van der Waals surface area contributed by atoms with Gasteiger partial charge >= 0.3 is 0 Å². The maximum absolute atomic E-state index is 5.50. The number of thioether (sulfide) groups is 1. The van der Waals surface area contributed by atoms with Crippen molar-refractivity contribution in [1.29, 1.82) is 0 Å². The Bertz CT molecular complexity index is 158. The van der Waals surface area contributed by atoms with Gasteiger partial charge in [0.15, 0.2) is 0 Å². The predicted molar refractivity (Wildman–Crippen MR) is 55.8 cm³/mol.